The van der Waals surface area contributed by atoms with Crippen LogP contribution in [0.5, 0.6) is 5.75 Å². The second kappa shape index (κ2) is 4.95. The molecule has 1 amide bonds. The van der Waals surface area contributed by atoms with Crippen LogP contribution in [-0.4, -0.2) is 36.9 Å². The van der Waals surface area contributed by atoms with E-state index in [-0.39, 0.29) is 13.0 Å². The molecule has 1 fully saturated rings. The summed E-state index contributed by atoms with van der Waals surface area (Å²) in [4.78, 5) is 23.7. The van der Waals surface area contributed by atoms with E-state index in [1.54, 1.807) is 31.4 Å². The minimum atomic E-state index is -0.961. The van der Waals surface area contributed by atoms with E-state index in [4.69, 9.17) is 14.6 Å². The van der Waals surface area contributed by atoms with E-state index in [2.05, 4.69) is 0 Å². The lowest BCUT2D eigenvalue weighted by Crippen LogP contribution is -2.35. The molecule has 1 aromatic carbocycles. The van der Waals surface area contributed by atoms with Crippen LogP contribution < -0.4 is 9.64 Å². The minimum Gasteiger partial charge on any atom is -0.497 e. The zero-order chi connectivity index (χ0) is 13.1. The van der Waals surface area contributed by atoms with Gasteiger partial charge in [0.05, 0.1) is 19.6 Å². The molecule has 1 aromatic rings. The average Bonchev–Trinajstić information content (AvgIpc) is 2.70. The lowest BCUT2D eigenvalue weighted by molar-refractivity contribution is -0.137. The van der Waals surface area contributed by atoms with Gasteiger partial charge in [0.15, 0.2) is 0 Å². The Morgan fingerprint density at radius 2 is 2.17 bits per heavy atom. The lowest BCUT2D eigenvalue weighted by Gasteiger charge is -2.20. The summed E-state index contributed by atoms with van der Waals surface area (Å²) in [6.45, 7) is 0.0944. The fourth-order valence-electron chi connectivity index (χ4n) is 1.87. The number of hydrogen-bond donors (Lipinski definition) is 1. The molecule has 0 radical (unpaired) electrons. The lowest BCUT2D eigenvalue weighted by atomic mass is 10.2. The van der Waals surface area contributed by atoms with Gasteiger partial charge in [-0.15, -0.1) is 0 Å². The molecule has 96 valence electrons. The average molecular weight is 251 g/mol. The third kappa shape index (κ3) is 2.37. The molecule has 2 rings (SSSR count). The number of aliphatic carboxylic acids is 1. The van der Waals surface area contributed by atoms with Crippen molar-refractivity contribution in [1.29, 1.82) is 0 Å². The zero-order valence-corrected chi connectivity index (χ0v) is 9.83. The van der Waals surface area contributed by atoms with E-state index >= 15 is 0 Å². The molecule has 0 saturated carbocycles. The zero-order valence-electron chi connectivity index (χ0n) is 9.83. The van der Waals surface area contributed by atoms with Gasteiger partial charge in [-0.2, -0.15) is 0 Å². The van der Waals surface area contributed by atoms with Crippen molar-refractivity contribution in [3.8, 4) is 5.75 Å². The molecule has 0 aromatic heterocycles. The molecule has 1 saturated heterocycles. The van der Waals surface area contributed by atoms with Crippen LogP contribution in [0.25, 0.3) is 0 Å². The number of nitrogens with zero attached hydrogens (tertiary/aromatic N) is 1. The number of carboxylic acid groups (broad SMARTS) is 1. The Balaban J connectivity index is 2.21. The number of carbonyl (C=O) groups excluding carboxylic acids is 1. The second-order valence-corrected chi connectivity index (χ2v) is 3.90. The van der Waals surface area contributed by atoms with E-state index in [1.165, 1.54) is 4.90 Å². The van der Waals surface area contributed by atoms with Gasteiger partial charge in [-0.25, -0.2) is 4.79 Å². The second-order valence-electron chi connectivity index (χ2n) is 3.90. The SMILES string of the molecule is COc1ccc(N2C(=O)OCC2CC(=O)O)cc1. The van der Waals surface area contributed by atoms with Crippen molar-refractivity contribution in [2.24, 2.45) is 0 Å². The van der Waals surface area contributed by atoms with Gasteiger partial charge in [0.1, 0.15) is 12.4 Å². The minimum absolute atomic E-state index is 0.0944. The first-order valence-electron chi connectivity index (χ1n) is 5.43. The van der Waals surface area contributed by atoms with Gasteiger partial charge in [0, 0.05) is 5.69 Å². The van der Waals surface area contributed by atoms with Crippen molar-refractivity contribution in [3.63, 3.8) is 0 Å². The first-order valence-corrected chi connectivity index (χ1v) is 5.43. The Kier molecular flexibility index (Phi) is 3.36. The highest BCUT2D eigenvalue weighted by atomic mass is 16.6. The van der Waals surface area contributed by atoms with Crippen LogP contribution in [-0.2, 0) is 9.53 Å². The number of hydrogen-bond acceptors (Lipinski definition) is 4. The van der Waals surface area contributed by atoms with Crippen molar-refractivity contribution in [1.82, 2.24) is 0 Å². The third-order valence-electron chi connectivity index (χ3n) is 2.72. The number of carboxylic acids is 1. The summed E-state index contributed by atoms with van der Waals surface area (Å²) in [6.07, 6.45) is -0.663. The molecule has 1 N–H and O–H groups in total. The maximum absolute atomic E-state index is 11.6. The Morgan fingerprint density at radius 3 is 2.72 bits per heavy atom. The van der Waals surface area contributed by atoms with E-state index in [9.17, 15) is 9.59 Å². The number of ether oxygens (including phenoxy) is 2. The van der Waals surface area contributed by atoms with Gasteiger partial charge >= 0.3 is 12.1 Å². The Bertz CT molecular complexity index is 456. The van der Waals surface area contributed by atoms with Crippen LogP contribution in [0, 0.1) is 0 Å². The molecule has 1 unspecified atom stereocenters. The molecule has 0 bridgehead atoms. The molecule has 18 heavy (non-hydrogen) atoms. The summed E-state index contributed by atoms with van der Waals surface area (Å²) < 4.78 is 9.90. The molecule has 1 heterocycles. The van der Waals surface area contributed by atoms with Crippen LogP contribution in [0.2, 0.25) is 0 Å². The van der Waals surface area contributed by atoms with E-state index in [0.29, 0.717) is 11.4 Å². The summed E-state index contributed by atoms with van der Waals surface area (Å²) in [7, 11) is 1.55. The molecule has 0 aliphatic carbocycles. The van der Waals surface area contributed by atoms with Gasteiger partial charge in [0.25, 0.3) is 0 Å². The number of methoxy groups -OCH3 is 1. The molecule has 1 atom stereocenters. The van der Waals surface area contributed by atoms with Crippen molar-refractivity contribution < 1.29 is 24.2 Å². The summed E-state index contributed by atoms with van der Waals surface area (Å²) in [5, 5.41) is 8.79. The summed E-state index contributed by atoms with van der Waals surface area (Å²) in [6, 6.07) is 6.33. The van der Waals surface area contributed by atoms with Crippen LogP contribution in [0.3, 0.4) is 0 Å². The van der Waals surface area contributed by atoms with Gasteiger partial charge < -0.3 is 14.6 Å². The Morgan fingerprint density at radius 1 is 1.50 bits per heavy atom. The van der Waals surface area contributed by atoms with Crippen LogP contribution >= 0.6 is 0 Å². The summed E-state index contributed by atoms with van der Waals surface area (Å²) in [5.41, 5.74) is 0.601. The summed E-state index contributed by atoms with van der Waals surface area (Å²) in [5.74, 6) is -0.294. The predicted octanol–water partition coefficient (Wildman–Crippen LogP) is 1.50. The van der Waals surface area contributed by atoms with E-state index < -0.39 is 18.1 Å². The van der Waals surface area contributed by atoms with Crippen LogP contribution in [0.4, 0.5) is 10.5 Å². The molecular weight excluding hydrogens is 238 g/mol. The predicted molar refractivity (Wildman–Crippen MR) is 62.9 cm³/mol. The highest BCUT2D eigenvalue weighted by Gasteiger charge is 2.35. The molecule has 6 nitrogen and oxygen atoms in total. The monoisotopic (exact) mass is 251 g/mol. The van der Waals surface area contributed by atoms with Crippen molar-refractivity contribution in [3.05, 3.63) is 24.3 Å². The number of cyclic esters (lactones) is 1. The normalized spacial score (nSPS) is 18.6. The Labute approximate surface area is 104 Å². The largest absolute Gasteiger partial charge is 0.497 e. The molecular formula is C12H13NO5. The first-order chi connectivity index (χ1) is 8.61. The van der Waals surface area contributed by atoms with E-state index in [1.807, 2.05) is 0 Å². The Hall–Kier alpha value is -2.24. The molecule has 6 heteroatoms. The van der Waals surface area contributed by atoms with Gasteiger partial charge in [-0.3, -0.25) is 9.69 Å². The number of anilines is 1. The molecule has 1 aliphatic rings. The van der Waals surface area contributed by atoms with Crippen LogP contribution in [0.1, 0.15) is 6.42 Å². The van der Waals surface area contributed by atoms with Crippen LogP contribution in [0.15, 0.2) is 24.3 Å². The highest BCUT2D eigenvalue weighted by molar-refractivity contribution is 5.91. The fourth-order valence-corrected chi connectivity index (χ4v) is 1.87. The van der Waals surface area contributed by atoms with Gasteiger partial charge in [-0.1, -0.05) is 0 Å². The third-order valence-corrected chi connectivity index (χ3v) is 2.72. The maximum Gasteiger partial charge on any atom is 0.414 e. The number of benzene rings is 1. The number of amides is 1. The smallest absolute Gasteiger partial charge is 0.414 e. The summed E-state index contributed by atoms with van der Waals surface area (Å²) >= 11 is 0. The van der Waals surface area contributed by atoms with Gasteiger partial charge in [-0.05, 0) is 24.3 Å². The topological polar surface area (TPSA) is 76.1 Å². The molecule has 1 aliphatic heterocycles. The van der Waals surface area contributed by atoms with Gasteiger partial charge in [0.2, 0.25) is 0 Å². The highest BCUT2D eigenvalue weighted by Crippen LogP contribution is 2.26. The quantitative estimate of drug-likeness (QED) is 0.877. The van der Waals surface area contributed by atoms with Crippen molar-refractivity contribution >= 4 is 17.7 Å². The molecule has 0 spiro atoms. The standard InChI is InChI=1S/C12H13NO5/c1-17-10-4-2-8(3-5-10)13-9(6-11(14)15)7-18-12(13)16/h2-5,9H,6-7H2,1H3,(H,14,15). The number of carbonyl (C=O) groups is 2. The first kappa shape index (κ1) is 12.2. The number of rotatable bonds is 4. The van der Waals surface area contributed by atoms with Crippen molar-refractivity contribution in [2.45, 2.75) is 12.5 Å². The van der Waals surface area contributed by atoms with E-state index in [0.717, 1.165) is 0 Å². The van der Waals surface area contributed by atoms with Crippen molar-refractivity contribution in [2.75, 3.05) is 18.6 Å². The maximum atomic E-state index is 11.6. The fraction of sp³-hybridized carbons (Fsp3) is 0.333.